The van der Waals surface area contributed by atoms with Crippen LogP contribution in [-0.4, -0.2) is 13.7 Å². The van der Waals surface area contributed by atoms with Crippen molar-refractivity contribution in [1.29, 1.82) is 0 Å². The Kier molecular flexibility index (Phi) is 3.64. The maximum Gasteiger partial charge on any atom is 0.118 e. The van der Waals surface area contributed by atoms with Gasteiger partial charge in [-0.05, 0) is 41.7 Å². The average molecular weight is 230 g/mol. The van der Waals surface area contributed by atoms with E-state index in [1.165, 1.54) is 0 Å². The first-order valence-corrected chi connectivity index (χ1v) is 5.85. The molecule has 1 fully saturated rings. The van der Waals surface area contributed by atoms with Crippen molar-refractivity contribution in [3.8, 4) is 5.75 Å². The van der Waals surface area contributed by atoms with E-state index in [2.05, 4.69) is 13.2 Å². The van der Waals surface area contributed by atoms with Crippen LogP contribution in [0.25, 0.3) is 0 Å². The lowest BCUT2D eigenvalue weighted by atomic mass is 9.96. The molecule has 1 aromatic rings. The summed E-state index contributed by atoms with van der Waals surface area (Å²) in [5, 5.41) is 0. The van der Waals surface area contributed by atoms with Crippen LogP contribution in [0, 0.1) is 0 Å². The summed E-state index contributed by atoms with van der Waals surface area (Å²) < 4.78 is 11.0. The molecule has 2 heteroatoms. The first kappa shape index (κ1) is 11.9. The molecule has 0 saturated carbocycles. The van der Waals surface area contributed by atoms with Crippen LogP contribution in [0.4, 0.5) is 0 Å². The second-order valence-electron chi connectivity index (χ2n) is 4.26. The van der Waals surface area contributed by atoms with Crippen LogP contribution in [0.1, 0.15) is 24.5 Å². The lowest BCUT2D eigenvalue weighted by molar-refractivity contribution is 0.0848. The van der Waals surface area contributed by atoms with Crippen LogP contribution in [0.2, 0.25) is 0 Å². The van der Waals surface area contributed by atoms with Gasteiger partial charge >= 0.3 is 0 Å². The maximum absolute atomic E-state index is 5.84. The van der Waals surface area contributed by atoms with Gasteiger partial charge in [-0.25, -0.2) is 0 Å². The number of hydrogen-bond donors (Lipinski definition) is 0. The first-order chi connectivity index (χ1) is 8.22. The second kappa shape index (κ2) is 5.19. The van der Waals surface area contributed by atoms with Gasteiger partial charge in [-0.1, -0.05) is 25.3 Å². The van der Waals surface area contributed by atoms with E-state index in [0.717, 1.165) is 41.9 Å². The molecule has 17 heavy (non-hydrogen) atoms. The number of ether oxygens (including phenoxy) is 2. The second-order valence-corrected chi connectivity index (χ2v) is 4.26. The Bertz CT molecular complexity index is 417. The van der Waals surface area contributed by atoms with Crippen LogP contribution >= 0.6 is 0 Å². The van der Waals surface area contributed by atoms with Gasteiger partial charge in [0.05, 0.1) is 7.11 Å². The van der Waals surface area contributed by atoms with E-state index < -0.39 is 0 Å². The molecule has 0 aliphatic carbocycles. The molecule has 2 rings (SSSR count). The molecule has 90 valence electrons. The third-order valence-corrected chi connectivity index (χ3v) is 3.10. The van der Waals surface area contributed by atoms with Crippen molar-refractivity contribution in [1.82, 2.24) is 0 Å². The lowest BCUT2D eigenvalue weighted by Gasteiger charge is -2.18. The van der Waals surface area contributed by atoms with Crippen LogP contribution in [-0.2, 0) is 4.74 Å². The first-order valence-electron chi connectivity index (χ1n) is 5.85. The van der Waals surface area contributed by atoms with Gasteiger partial charge in [0.1, 0.15) is 11.9 Å². The summed E-state index contributed by atoms with van der Waals surface area (Å²) in [4.78, 5) is 0. The Hall–Kier alpha value is -1.54. The molecule has 0 radical (unpaired) electrons. The zero-order valence-electron chi connectivity index (χ0n) is 10.2. The van der Waals surface area contributed by atoms with Crippen molar-refractivity contribution in [2.75, 3.05) is 13.7 Å². The topological polar surface area (TPSA) is 18.5 Å². The Balaban J connectivity index is 2.24. The van der Waals surface area contributed by atoms with E-state index in [-0.39, 0.29) is 6.10 Å². The number of methoxy groups -OCH3 is 1. The molecule has 1 unspecified atom stereocenters. The highest BCUT2D eigenvalue weighted by Gasteiger charge is 2.20. The highest BCUT2D eigenvalue weighted by molar-refractivity contribution is 5.38. The van der Waals surface area contributed by atoms with Crippen LogP contribution in [0.15, 0.2) is 48.6 Å². The fraction of sp³-hybridized carbons (Fsp3) is 0.333. The fourth-order valence-electron chi connectivity index (χ4n) is 2.01. The molecule has 0 aromatic heterocycles. The minimum Gasteiger partial charge on any atom is -0.497 e. The van der Waals surface area contributed by atoms with E-state index in [0.29, 0.717) is 0 Å². The molecule has 1 aromatic carbocycles. The van der Waals surface area contributed by atoms with Gasteiger partial charge in [0.15, 0.2) is 0 Å². The van der Waals surface area contributed by atoms with Crippen molar-refractivity contribution in [2.45, 2.75) is 18.9 Å². The lowest BCUT2D eigenvalue weighted by Crippen LogP contribution is -2.05. The monoisotopic (exact) mass is 230 g/mol. The Morgan fingerprint density at radius 1 is 1.24 bits per heavy atom. The van der Waals surface area contributed by atoms with E-state index in [9.17, 15) is 0 Å². The van der Waals surface area contributed by atoms with Crippen molar-refractivity contribution >= 4 is 0 Å². The SMILES string of the molecule is C=C1CCCOC(c2ccc(OC)cc2)C1=C. The smallest absolute Gasteiger partial charge is 0.118 e. The highest BCUT2D eigenvalue weighted by atomic mass is 16.5. The summed E-state index contributed by atoms with van der Waals surface area (Å²) in [5.74, 6) is 0.854. The zero-order chi connectivity index (χ0) is 12.3. The Morgan fingerprint density at radius 3 is 2.59 bits per heavy atom. The summed E-state index contributed by atoms with van der Waals surface area (Å²) in [7, 11) is 1.66. The minimum absolute atomic E-state index is 0.0593. The summed E-state index contributed by atoms with van der Waals surface area (Å²) in [6.07, 6.45) is 1.94. The van der Waals surface area contributed by atoms with Crippen LogP contribution < -0.4 is 4.74 Å². The number of hydrogen-bond acceptors (Lipinski definition) is 2. The standard InChI is InChI=1S/C15H18O2/c1-11-5-4-10-17-15(12(11)2)13-6-8-14(16-3)9-7-13/h6-9,15H,1-2,4-5,10H2,3H3. The third kappa shape index (κ3) is 2.59. The molecule has 1 aliphatic rings. The minimum atomic E-state index is -0.0593. The molecule has 0 bridgehead atoms. The van der Waals surface area contributed by atoms with Crippen molar-refractivity contribution in [3.05, 3.63) is 54.1 Å². The number of rotatable bonds is 2. The Morgan fingerprint density at radius 2 is 1.94 bits per heavy atom. The molecule has 1 heterocycles. The molecule has 0 spiro atoms. The summed E-state index contributed by atoms with van der Waals surface area (Å²) >= 11 is 0. The van der Waals surface area contributed by atoms with Gasteiger partial charge in [-0.2, -0.15) is 0 Å². The van der Waals surface area contributed by atoms with Gasteiger partial charge in [-0.3, -0.25) is 0 Å². The average Bonchev–Trinajstić information content (AvgIpc) is 2.53. The van der Waals surface area contributed by atoms with Gasteiger partial charge in [0.25, 0.3) is 0 Å². The van der Waals surface area contributed by atoms with E-state index >= 15 is 0 Å². The van der Waals surface area contributed by atoms with E-state index in [1.807, 2.05) is 24.3 Å². The molecule has 0 amide bonds. The van der Waals surface area contributed by atoms with Crippen LogP contribution in [0.3, 0.4) is 0 Å². The molecule has 1 aliphatic heterocycles. The highest BCUT2D eigenvalue weighted by Crippen LogP contribution is 2.34. The molecule has 2 nitrogen and oxygen atoms in total. The number of benzene rings is 1. The van der Waals surface area contributed by atoms with Gasteiger partial charge in [0.2, 0.25) is 0 Å². The van der Waals surface area contributed by atoms with E-state index in [4.69, 9.17) is 9.47 Å². The summed E-state index contributed by atoms with van der Waals surface area (Å²) in [6, 6.07) is 7.93. The molecule has 0 N–H and O–H groups in total. The van der Waals surface area contributed by atoms with E-state index in [1.54, 1.807) is 7.11 Å². The van der Waals surface area contributed by atoms with Crippen molar-refractivity contribution in [2.24, 2.45) is 0 Å². The quantitative estimate of drug-likeness (QED) is 0.772. The van der Waals surface area contributed by atoms with Gasteiger partial charge in [0, 0.05) is 6.61 Å². The molecular weight excluding hydrogens is 212 g/mol. The molecule has 1 saturated heterocycles. The van der Waals surface area contributed by atoms with Crippen LogP contribution in [0.5, 0.6) is 5.75 Å². The van der Waals surface area contributed by atoms with Gasteiger partial charge in [-0.15, -0.1) is 0 Å². The Labute approximate surface area is 103 Å². The third-order valence-electron chi connectivity index (χ3n) is 3.10. The molecular formula is C15H18O2. The largest absolute Gasteiger partial charge is 0.497 e. The van der Waals surface area contributed by atoms with Gasteiger partial charge < -0.3 is 9.47 Å². The summed E-state index contributed by atoms with van der Waals surface area (Å²) in [6.45, 7) is 8.92. The predicted octanol–water partition coefficient (Wildman–Crippen LogP) is 3.66. The zero-order valence-corrected chi connectivity index (χ0v) is 10.2. The molecule has 1 atom stereocenters. The van der Waals surface area contributed by atoms with Crippen molar-refractivity contribution in [3.63, 3.8) is 0 Å². The summed E-state index contributed by atoms with van der Waals surface area (Å²) in [5.41, 5.74) is 3.20. The van der Waals surface area contributed by atoms with Crippen molar-refractivity contribution < 1.29 is 9.47 Å². The maximum atomic E-state index is 5.84. The predicted molar refractivity (Wildman–Crippen MR) is 69.2 cm³/mol. The normalized spacial score (nSPS) is 21.1. The fourth-order valence-corrected chi connectivity index (χ4v) is 2.01.